The predicted molar refractivity (Wildman–Crippen MR) is 123 cm³/mol. The van der Waals surface area contributed by atoms with Crippen LogP contribution in [0.25, 0.3) is 0 Å². The van der Waals surface area contributed by atoms with Crippen molar-refractivity contribution in [3.63, 3.8) is 0 Å². The van der Waals surface area contributed by atoms with Gasteiger partial charge in [0, 0.05) is 29.8 Å². The van der Waals surface area contributed by atoms with Gasteiger partial charge in [-0.1, -0.05) is 31.5 Å². The number of anilines is 1. The lowest BCUT2D eigenvalue weighted by Gasteiger charge is -2.20. The Kier molecular flexibility index (Phi) is 7.73. The Bertz CT molecular complexity index is 997. The third-order valence-electron chi connectivity index (χ3n) is 5.82. The van der Waals surface area contributed by atoms with Crippen LogP contribution in [0.5, 0.6) is 0 Å². The molecule has 1 aliphatic heterocycles. The minimum absolute atomic E-state index is 0.0426. The summed E-state index contributed by atoms with van der Waals surface area (Å²) in [5, 5.41) is 3.00. The Labute approximate surface area is 185 Å². The molecule has 3 rings (SSSR count). The number of amides is 1. The summed E-state index contributed by atoms with van der Waals surface area (Å²) in [6.45, 7) is 7.25. The van der Waals surface area contributed by atoms with Crippen molar-refractivity contribution in [2.75, 3.05) is 17.9 Å². The van der Waals surface area contributed by atoms with Crippen molar-refractivity contribution in [1.82, 2.24) is 5.32 Å². The molecule has 6 nitrogen and oxygen atoms in total. The molecule has 0 aliphatic carbocycles. The lowest BCUT2D eigenvalue weighted by molar-refractivity contribution is 0.0921. The Morgan fingerprint density at radius 1 is 1.19 bits per heavy atom. The van der Waals surface area contributed by atoms with Gasteiger partial charge in [-0.25, -0.2) is 8.42 Å². The highest BCUT2D eigenvalue weighted by atomic mass is 32.2. The standard InChI is InChI=1S/C24H32N2O4S/c1-4-5-6-19-8-10-21(11-9-19)26-31(28,29)22-12-7-17(2)23(15-22)24(27)25-18(3)20-13-14-30-16-20/h7-12,15,18,20,26H,4-6,13-14,16H2,1-3H3,(H,25,27)/t18-,20+/m1/s1. The van der Waals surface area contributed by atoms with E-state index >= 15 is 0 Å². The smallest absolute Gasteiger partial charge is 0.261 e. The Balaban J connectivity index is 1.73. The summed E-state index contributed by atoms with van der Waals surface area (Å²) in [6.07, 6.45) is 4.11. The van der Waals surface area contributed by atoms with E-state index in [9.17, 15) is 13.2 Å². The van der Waals surface area contributed by atoms with Crippen molar-refractivity contribution < 1.29 is 17.9 Å². The number of sulfonamides is 1. The quantitative estimate of drug-likeness (QED) is 0.604. The summed E-state index contributed by atoms with van der Waals surface area (Å²) < 4.78 is 33.8. The van der Waals surface area contributed by atoms with Crippen LogP contribution in [0.2, 0.25) is 0 Å². The molecule has 168 valence electrons. The lowest BCUT2D eigenvalue weighted by atomic mass is 10.00. The van der Waals surface area contributed by atoms with Gasteiger partial charge in [-0.2, -0.15) is 0 Å². The third-order valence-corrected chi connectivity index (χ3v) is 7.20. The Hall–Kier alpha value is -2.38. The monoisotopic (exact) mass is 444 g/mol. The van der Waals surface area contributed by atoms with Gasteiger partial charge in [0.25, 0.3) is 15.9 Å². The van der Waals surface area contributed by atoms with Gasteiger partial charge in [0.2, 0.25) is 0 Å². The number of hydrogen-bond donors (Lipinski definition) is 2. The zero-order valence-electron chi connectivity index (χ0n) is 18.5. The first-order valence-corrected chi connectivity index (χ1v) is 12.4. The number of aryl methyl sites for hydroxylation is 2. The maximum atomic E-state index is 12.9. The van der Waals surface area contributed by atoms with Crippen molar-refractivity contribution in [3.8, 4) is 0 Å². The number of benzene rings is 2. The van der Waals surface area contributed by atoms with E-state index in [0.29, 0.717) is 24.5 Å². The van der Waals surface area contributed by atoms with Crippen LogP contribution in [0, 0.1) is 12.8 Å². The number of unbranched alkanes of at least 4 members (excludes halogenated alkanes) is 1. The molecule has 31 heavy (non-hydrogen) atoms. The van der Waals surface area contributed by atoms with Gasteiger partial charge in [-0.05, 0) is 68.5 Å². The van der Waals surface area contributed by atoms with E-state index in [2.05, 4.69) is 17.0 Å². The predicted octanol–water partition coefficient (Wildman–Crippen LogP) is 4.29. The molecule has 0 bridgehead atoms. The molecule has 2 aromatic carbocycles. The fourth-order valence-corrected chi connectivity index (χ4v) is 4.78. The van der Waals surface area contributed by atoms with Crippen molar-refractivity contribution in [2.24, 2.45) is 5.92 Å². The molecular formula is C24H32N2O4S. The van der Waals surface area contributed by atoms with Crippen molar-refractivity contribution in [2.45, 2.75) is 57.4 Å². The molecule has 0 saturated carbocycles. The SMILES string of the molecule is CCCCc1ccc(NS(=O)(=O)c2ccc(C)c(C(=O)N[C@H](C)[C@H]3CCOC3)c2)cc1. The van der Waals surface area contributed by atoms with Crippen LogP contribution in [-0.4, -0.2) is 33.6 Å². The summed E-state index contributed by atoms with van der Waals surface area (Å²) in [4.78, 5) is 12.9. The average Bonchev–Trinajstić information content (AvgIpc) is 3.28. The second-order valence-electron chi connectivity index (χ2n) is 8.27. The van der Waals surface area contributed by atoms with Gasteiger partial charge in [-0.15, -0.1) is 0 Å². The van der Waals surface area contributed by atoms with Gasteiger partial charge in [-0.3, -0.25) is 9.52 Å². The molecule has 1 aliphatic rings. The molecule has 0 unspecified atom stereocenters. The van der Waals surface area contributed by atoms with Crippen LogP contribution in [0.1, 0.15) is 54.6 Å². The van der Waals surface area contributed by atoms with Gasteiger partial charge in [0.05, 0.1) is 11.5 Å². The highest BCUT2D eigenvalue weighted by Crippen LogP contribution is 2.21. The lowest BCUT2D eigenvalue weighted by Crippen LogP contribution is -2.38. The fraction of sp³-hybridized carbons (Fsp3) is 0.458. The van der Waals surface area contributed by atoms with Gasteiger partial charge in [0.15, 0.2) is 0 Å². The summed E-state index contributed by atoms with van der Waals surface area (Å²) in [7, 11) is -3.81. The third kappa shape index (κ3) is 6.08. The first-order chi connectivity index (χ1) is 14.8. The van der Waals surface area contributed by atoms with Crippen LogP contribution >= 0.6 is 0 Å². The topological polar surface area (TPSA) is 84.5 Å². The van der Waals surface area contributed by atoms with Gasteiger partial charge >= 0.3 is 0 Å². The van der Waals surface area contributed by atoms with Gasteiger partial charge < -0.3 is 10.1 Å². The summed E-state index contributed by atoms with van der Waals surface area (Å²) >= 11 is 0. The largest absolute Gasteiger partial charge is 0.381 e. The number of carbonyl (C=O) groups is 1. The molecule has 1 saturated heterocycles. The van der Waals surface area contributed by atoms with E-state index in [4.69, 9.17) is 4.74 Å². The highest BCUT2D eigenvalue weighted by molar-refractivity contribution is 7.92. The number of ether oxygens (including phenoxy) is 1. The first kappa shape index (κ1) is 23.3. The zero-order chi connectivity index (χ0) is 22.4. The first-order valence-electron chi connectivity index (χ1n) is 10.9. The van der Waals surface area contributed by atoms with E-state index in [-0.39, 0.29) is 22.8 Å². The Morgan fingerprint density at radius 3 is 2.58 bits per heavy atom. The fourth-order valence-electron chi connectivity index (χ4n) is 3.70. The number of carbonyl (C=O) groups excluding carboxylic acids is 1. The Morgan fingerprint density at radius 2 is 1.94 bits per heavy atom. The van der Waals surface area contributed by atoms with E-state index < -0.39 is 10.0 Å². The van der Waals surface area contributed by atoms with Crippen molar-refractivity contribution >= 4 is 21.6 Å². The molecule has 7 heteroatoms. The van der Waals surface area contributed by atoms with E-state index in [1.54, 1.807) is 25.1 Å². The number of rotatable bonds is 9. The maximum absolute atomic E-state index is 12.9. The maximum Gasteiger partial charge on any atom is 0.261 e. The number of hydrogen-bond acceptors (Lipinski definition) is 4. The zero-order valence-corrected chi connectivity index (χ0v) is 19.3. The van der Waals surface area contributed by atoms with E-state index in [1.165, 1.54) is 17.7 Å². The molecule has 2 aromatic rings. The van der Waals surface area contributed by atoms with Crippen LogP contribution in [-0.2, 0) is 21.2 Å². The molecule has 2 atom stereocenters. The molecule has 0 aromatic heterocycles. The molecule has 0 radical (unpaired) electrons. The molecule has 1 fully saturated rings. The minimum atomic E-state index is -3.81. The average molecular weight is 445 g/mol. The molecule has 2 N–H and O–H groups in total. The number of nitrogens with one attached hydrogen (secondary N) is 2. The summed E-state index contributed by atoms with van der Waals surface area (Å²) in [5.41, 5.74) is 2.78. The van der Waals surface area contributed by atoms with Crippen molar-refractivity contribution in [1.29, 1.82) is 0 Å². The van der Waals surface area contributed by atoms with E-state index in [1.807, 2.05) is 19.1 Å². The normalized spacial score (nSPS) is 17.3. The van der Waals surface area contributed by atoms with E-state index in [0.717, 1.165) is 31.2 Å². The molecular weight excluding hydrogens is 412 g/mol. The second-order valence-corrected chi connectivity index (χ2v) is 9.95. The molecule has 0 spiro atoms. The van der Waals surface area contributed by atoms with Crippen LogP contribution < -0.4 is 10.0 Å². The minimum Gasteiger partial charge on any atom is -0.381 e. The second kappa shape index (κ2) is 10.3. The van der Waals surface area contributed by atoms with Crippen LogP contribution in [0.4, 0.5) is 5.69 Å². The van der Waals surface area contributed by atoms with Crippen molar-refractivity contribution in [3.05, 3.63) is 59.2 Å². The summed E-state index contributed by atoms with van der Waals surface area (Å²) in [6, 6.07) is 12.0. The van der Waals surface area contributed by atoms with Crippen LogP contribution in [0.15, 0.2) is 47.4 Å². The highest BCUT2D eigenvalue weighted by Gasteiger charge is 2.25. The van der Waals surface area contributed by atoms with Gasteiger partial charge in [0.1, 0.15) is 0 Å². The molecule has 1 amide bonds. The van der Waals surface area contributed by atoms with Crippen LogP contribution in [0.3, 0.4) is 0 Å². The summed E-state index contributed by atoms with van der Waals surface area (Å²) in [5.74, 6) is 0.00682. The molecule has 1 heterocycles.